The van der Waals surface area contributed by atoms with Gasteiger partial charge in [0.15, 0.2) is 0 Å². The van der Waals surface area contributed by atoms with E-state index >= 15 is 0 Å². The van der Waals surface area contributed by atoms with Gasteiger partial charge in [-0.15, -0.1) is 0 Å². The van der Waals surface area contributed by atoms with E-state index in [2.05, 4.69) is 5.32 Å². The van der Waals surface area contributed by atoms with Crippen molar-refractivity contribution in [3.05, 3.63) is 41.2 Å². The molecule has 38 heavy (non-hydrogen) atoms. The number of nitrogens with zero attached hydrogens (tertiary/aromatic N) is 3. The van der Waals surface area contributed by atoms with Crippen LogP contribution in [0.1, 0.15) is 60.0 Å². The molecule has 2 aromatic rings. The predicted octanol–water partition coefficient (Wildman–Crippen LogP) is 2.88. The van der Waals surface area contributed by atoms with Gasteiger partial charge in [0, 0.05) is 45.5 Å². The number of carbonyl (C=O) groups excluding carboxylic acids is 2. The highest BCUT2D eigenvalue weighted by Gasteiger charge is 2.30. The number of hydrogen-bond donors (Lipinski definition) is 2. The molecule has 0 radical (unpaired) electrons. The molecular weight excluding hydrogens is 513 g/mol. The van der Waals surface area contributed by atoms with Crippen LogP contribution in [-0.4, -0.2) is 80.0 Å². The Bertz CT molecular complexity index is 1240. The number of rotatable bonds is 13. The number of anilines is 1. The van der Waals surface area contributed by atoms with Gasteiger partial charge in [-0.1, -0.05) is 13.3 Å². The summed E-state index contributed by atoms with van der Waals surface area (Å²) in [5, 5.41) is 2.81. The van der Waals surface area contributed by atoms with Crippen molar-refractivity contribution in [1.29, 1.82) is 0 Å². The molecule has 3 rings (SSSR count). The van der Waals surface area contributed by atoms with E-state index in [0.717, 1.165) is 12.0 Å². The first-order chi connectivity index (χ1) is 18.2. The molecule has 3 N–H and O–H groups in total. The zero-order valence-electron chi connectivity index (χ0n) is 22.3. The first-order valence-electron chi connectivity index (χ1n) is 13.1. The lowest BCUT2D eigenvalue weighted by Gasteiger charge is -2.33. The fraction of sp³-hybridized carbons (Fsp3) is 0.538. The third-order valence-corrected chi connectivity index (χ3v) is 8.46. The highest BCUT2D eigenvalue weighted by atomic mass is 32.2. The number of hydrogen-bond acceptors (Lipinski definition) is 6. The Hall–Kier alpha value is -2.96. The van der Waals surface area contributed by atoms with Crippen LogP contribution < -0.4 is 15.8 Å². The molecule has 12 heteroatoms. The smallest absolute Gasteiger partial charge is 0.267 e. The molecule has 1 aliphatic heterocycles. The fourth-order valence-electron chi connectivity index (χ4n) is 4.66. The number of nitrogens with two attached hydrogens (primary N) is 1. The minimum Gasteiger partial charge on any atom is -0.493 e. The van der Waals surface area contributed by atoms with Crippen molar-refractivity contribution in [1.82, 2.24) is 13.8 Å². The number of halogens is 1. The number of nitrogens with one attached hydrogen (secondary N) is 1. The van der Waals surface area contributed by atoms with Crippen LogP contribution in [0.5, 0.6) is 5.75 Å². The molecule has 1 aliphatic rings. The van der Waals surface area contributed by atoms with Crippen molar-refractivity contribution in [3.63, 3.8) is 0 Å². The first-order valence-corrected chi connectivity index (χ1v) is 14.5. The molecule has 1 aromatic carbocycles. The van der Waals surface area contributed by atoms with Gasteiger partial charge in [-0.25, -0.2) is 8.42 Å². The van der Waals surface area contributed by atoms with Crippen LogP contribution in [0.4, 0.5) is 10.1 Å². The maximum Gasteiger partial charge on any atom is 0.267 e. The summed E-state index contributed by atoms with van der Waals surface area (Å²) in [5.74, 6) is -1.04. The Morgan fingerprint density at radius 1 is 1.13 bits per heavy atom. The summed E-state index contributed by atoms with van der Waals surface area (Å²) in [5.41, 5.74) is 6.97. The van der Waals surface area contributed by atoms with E-state index in [1.165, 1.54) is 22.5 Å². The number of piperazine rings is 1. The quantitative estimate of drug-likeness (QED) is 0.394. The monoisotopic (exact) mass is 551 g/mol. The second-order valence-electron chi connectivity index (χ2n) is 9.11. The van der Waals surface area contributed by atoms with E-state index in [0.29, 0.717) is 44.7 Å². The summed E-state index contributed by atoms with van der Waals surface area (Å²) in [6.07, 6.45) is 3.63. The number of sulfonamides is 1. The van der Waals surface area contributed by atoms with E-state index in [1.807, 2.05) is 18.7 Å². The van der Waals surface area contributed by atoms with Crippen molar-refractivity contribution < 1.29 is 27.1 Å². The van der Waals surface area contributed by atoms with Crippen LogP contribution in [0.15, 0.2) is 29.3 Å². The van der Waals surface area contributed by atoms with Gasteiger partial charge < -0.3 is 25.3 Å². The molecule has 2 amide bonds. The number of alkyl halides is 1. The predicted molar refractivity (Wildman–Crippen MR) is 144 cm³/mol. The van der Waals surface area contributed by atoms with Crippen molar-refractivity contribution in [2.75, 3.05) is 51.3 Å². The number of amides is 2. The van der Waals surface area contributed by atoms with Gasteiger partial charge >= 0.3 is 0 Å². The SMILES string of the molecule is CCCc1cn(CC)c(C(N)=O)c1NC(=O)c1cc(S(=O)(=O)N2CCN(CCCF)CC2)ccc1OCC. The highest BCUT2D eigenvalue weighted by Crippen LogP contribution is 2.30. The molecule has 10 nitrogen and oxygen atoms in total. The number of ether oxygens (including phenoxy) is 1. The normalized spacial score (nSPS) is 14.9. The van der Waals surface area contributed by atoms with Crippen LogP contribution in [0.25, 0.3) is 0 Å². The zero-order valence-corrected chi connectivity index (χ0v) is 23.2. The molecule has 0 bridgehead atoms. The zero-order chi connectivity index (χ0) is 27.9. The van der Waals surface area contributed by atoms with Crippen LogP contribution in [-0.2, 0) is 23.0 Å². The third kappa shape index (κ3) is 6.54. The molecule has 0 unspecified atom stereocenters. The van der Waals surface area contributed by atoms with E-state index in [-0.39, 0.29) is 41.6 Å². The molecule has 1 saturated heterocycles. The van der Waals surface area contributed by atoms with Crippen LogP contribution in [0.2, 0.25) is 0 Å². The van der Waals surface area contributed by atoms with Crippen LogP contribution in [0.3, 0.4) is 0 Å². The van der Waals surface area contributed by atoms with Crippen LogP contribution in [0, 0.1) is 0 Å². The molecule has 0 atom stereocenters. The van der Waals surface area contributed by atoms with Gasteiger partial charge in [0.25, 0.3) is 11.8 Å². The Labute approximate surface area is 224 Å². The maximum atomic E-state index is 13.5. The van der Waals surface area contributed by atoms with Gasteiger partial charge in [-0.3, -0.25) is 14.0 Å². The second-order valence-corrected chi connectivity index (χ2v) is 11.0. The fourth-order valence-corrected chi connectivity index (χ4v) is 6.11. The van der Waals surface area contributed by atoms with E-state index in [4.69, 9.17) is 10.5 Å². The molecule has 1 fully saturated rings. The van der Waals surface area contributed by atoms with Crippen molar-refractivity contribution in [2.45, 2.75) is 51.5 Å². The number of primary amides is 1. The number of aryl methyl sites for hydroxylation is 2. The molecule has 0 saturated carbocycles. The average Bonchev–Trinajstić information content (AvgIpc) is 3.25. The summed E-state index contributed by atoms with van der Waals surface area (Å²) in [6, 6.07) is 4.21. The van der Waals surface area contributed by atoms with Crippen LogP contribution >= 0.6 is 0 Å². The van der Waals surface area contributed by atoms with Gasteiger partial charge in [-0.05, 0) is 50.5 Å². The molecule has 210 valence electrons. The van der Waals surface area contributed by atoms with Gasteiger partial charge in [-0.2, -0.15) is 4.31 Å². The highest BCUT2D eigenvalue weighted by molar-refractivity contribution is 7.89. The summed E-state index contributed by atoms with van der Waals surface area (Å²) in [7, 11) is -3.89. The average molecular weight is 552 g/mol. The number of benzene rings is 1. The topological polar surface area (TPSA) is 127 Å². The Morgan fingerprint density at radius 3 is 2.42 bits per heavy atom. The van der Waals surface area contributed by atoms with Crippen molar-refractivity contribution in [3.8, 4) is 5.75 Å². The standard InChI is InChI=1S/C26H38FN5O5S/c1-4-8-19-18-31(5-2)24(25(28)33)23(19)29-26(34)21-17-20(9-10-22(21)37-6-3)38(35,36)32-15-13-30(14-16-32)12-7-11-27/h9-10,17-18H,4-8,11-16H2,1-3H3,(H2,28,33)(H,29,34). The summed E-state index contributed by atoms with van der Waals surface area (Å²) in [6.45, 7) is 8.13. The lowest BCUT2D eigenvalue weighted by Crippen LogP contribution is -2.48. The molecule has 2 heterocycles. The van der Waals surface area contributed by atoms with E-state index in [1.54, 1.807) is 17.7 Å². The summed E-state index contributed by atoms with van der Waals surface area (Å²) >= 11 is 0. The van der Waals surface area contributed by atoms with E-state index in [9.17, 15) is 22.4 Å². The first kappa shape index (κ1) is 29.6. The minimum absolute atomic E-state index is 0.0293. The Kier molecular flexibility index (Phi) is 10.3. The summed E-state index contributed by atoms with van der Waals surface area (Å²) < 4.78 is 48.1. The number of carbonyl (C=O) groups is 2. The van der Waals surface area contributed by atoms with Gasteiger partial charge in [0.2, 0.25) is 10.0 Å². The second kappa shape index (κ2) is 13.2. The van der Waals surface area contributed by atoms with Crippen molar-refractivity contribution >= 4 is 27.5 Å². The van der Waals surface area contributed by atoms with Gasteiger partial charge in [0.1, 0.15) is 11.4 Å². The largest absolute Gasteiger partial charge is 0.493 e. The maximum absolute atomic E-state index is 13.5. The molecule has 1 aromatic heterocycles. The lowest BCUT2D eigenvalue weighted by atomic mass is 10.1. The lowest BCUT2D eigenvalue weighted by molar-refractivity contribution is 0.0992. The van der Waals surface area contributed by atoms with Crippen molar-refractivity contribution in [2.24, 2.45) is 5.73 Å². The molecule has 0 aliphatic carbocycles. The Morgan fingerprint density at radius 2 is 1.84 bits per heavy atom. The third-order valence-electron chi connectivity index (χ3n) is 6.56. The van der Waals surface area contributed by atoms with E-state index < -0.39 is 28.5 Å². The summed E-state index contributed by atoms with van der Waals surface area (Å²) in [4.78, 5) is 27.8. The molecular formula is C26H38FN5O5S. The molecule has 0 spiro atoms. The number of aromatic nitrogens is 1. The van der Waals surface area contributed by atoms with Gasteiger partial charge in [0.05, 0.1) is 29.4 Å². The minimum atomic E-state index is -3.89. The Balaban J connectivity index is 1.93.